The van der Waals surface area contributed by atoms with Crippen molar-refractivity contribution in [3.63, 3.8) is 0 Å². The van der Waals surface area contributed by atoms with Crippen LogP contribution in [0, 0.1) is 5.41 Å². The maximum Gasteiger partial charge on any atom is 0.407 e. The maximum atomic E-state index is 10.5. The van der Waals surface area contributed by atoms with Gasteiger partial charge >= 0.3 is 6.09 Å². The molecule has 0 aromatic heterocycles. The number of carboxylic acid groups (broad SMARTS) is 1. The lowest BCUT2D eigenvalue weighted by atomic mass is 9.87. The minimum Gasteiger partial charge on any atom is -0.465 e. The summed E-state index contributed by atoms with van der Waals surface area (Å²) in [6.07, 6.45) is -0.868. The Labute approximate surface area is 68.0 Å². The fourth-order valence-corrected chi connectivity index (χ4v) is 0.747. The van der Waals surface area contributed by atoms with Crippen LogP contribution in [0.2, 0.25) is 0 Å². The van der Waals surface area contributed by atoms with Gasteiger partial charge in [-0.15, -0.1) is 0 Å². The average Bonchev–Trinajstić information content (AvgIpc) is 1.82. The molecule has 0 aliphatic heterocycles. The van der Waals surface area contributed by atoms with Crippen molar-refractivity contribution in [3.05, 3.63) is 0 Å². The topological polar surface area (TPSA) is 40.5 Å². The molecule has 0 saturated heterocycles. The number of nitrogens with zero attached hydrogens (tertiary/aromatic N) is 1. The third-order valence-electron chi connectivity index (χ3n) is 2.14. The second-order valence-corrected chi connectivity index (χ2v) is 3.94. The summed E-state index contributed by atoms with van der Waals surface area (Å²) in [5.41, 5.74) is 0.00708. The Bertz CT molecular complexity index is 149. The molecule has 0 aromatic carbocycles. The smallest absolute Gasteiger partial charge is 0.407 e. The molecule has 1 N–H and O–H groups in total. The lowest BCUT2D eigenvalue weighted by Gasteiger charge is -2.33. The highest BCUT2D eigenvalue weighted by Gasteiger charge is 2.26. The van der Waals surface area contributed by atoms with Gasteiger partial charge in [0.2, 0.25) is 0 Å². The summed E-state index contributed by atoms with van der Waals surface area (Å²) in [4.78, 5) is 11.8. The van der Waals surface area contributed by atoms with E-state index in [1.54, 1.807) is 7.05 Å². The van der Waals surface area contributed by atoms with Gasteiger partial charge in [-0.2, -0.15) is 0 Å². The SMILES string of the molecule is C[C@H](N(C)C(=O)O)C(C)(C)C. The molecule has 0 fully saturated rings. The van der Waals surface area contributed by atoms with Gasteiger partial charge in [-0.3, -0.25) is 0 Å². The highest BCUT2D eigenvalue weighted by Crippen LogP contribution is 2.22. The molecule has 0 saturated carbocycles. The minimum atomic E-state index is -0.868. The van der Waals surface area contributed by atoms with Crippen LogP contribution in [0.5, 0.6) is 0 Å². The van der Waals surface area contributed by atoms with Gasteiger partial charge in [0.15, 0.2) is 0 Å². The normalized spacial score (nSPS) is 14.3. The fraction of sp³-hybridized carbons (Fsp3) is 0.875. The molecule has 0 heterocycles. The van der Waals surface area contributed by atoms with Crippen molar-refractivity contribution in [2.75, 3.05) is 7.05 Å². The number of rotatable bonds is 1. The van der Waals surface area contributed by atoms with E-state index in [-0.39, 0.29) is 11.5 Å². The molecule has 0 radical (unpaired) electrons. The number of amides is 1. The minimum absolute atomic E-state index is 0.00708. The Morgan fingerprint density at radius 1 is 1.45 bits per heavy atom. The van der Waals surface area contributed by atoms with E-state index in [2.05, 4.69) is 0 Å². The quantitative estimate of drug-likeness (QED) is 0.636. The van der Waals surface area contributed by atoms with Crippen LogP contribution in [0.1, 0.15) is 27.7 Å². The second kappa shape index (κ2) is 3.11. The van der Waals surface area contributed by atoms with E-state index in [1.807, 2.05) is 27.7 Å². The summed E-state index contributed by atoms with van der Waals surface area (Å²) in [7, 11) is 1.60. The molecule has 0 rings (SSSR count). The molecule has 0 bridgehead atoms. The molecule has 66 valence electrons. The second-order valence-electron chi connectivity index (χ2n) is 3.94. The van der Waals surface area contributed by atoms with E-state index in [0.717, 1.165) is 0 Å². The van der Waals surface area contributed by atoms with Crippen molar-refractivity contribution in [3.8, 4) is 0 Å². The Morgan fingerprint density at radius 3 is 1.91 bits per heavy atom. The highest BCUT2D eigenvalue weighted by atomic mass is 16.4. The average molecular weight is 159 g/mol. The van der Waals surface area contributed by atoms with Gasteiger partial charge in [-0.05, 0) is 12.3 Å². The number of hydrogen-bond acceptors (Lipinski definition) is 1. The van der Waals surface area contributed by atoms with Crippen LogP contribution >= 0.6 is 0 Å². The summed E-state index contributed by atoms with van der Waals surface area (Å²) in [6, 6.07) is 0.0417. The van der Waals surface area contributed by atoms with Crippen LogP contribution in [0.15, 0.2) is 0 Å². The Hall–Kier alpha value is -0.730. The van der Waals surface area contributed by atoms with E-state index in [4.69, 9.17) is 5.11 Å². The van der Waals surface area contributed by atoms with Crippen molar-refractivity contribution < 1.29 is 9.90 Å². The summed E-state index contributed by atoms with van der Waals surface area (Å²) >= 11 is 0. The molecule has 0 aliphatic carbocycles. The molecule has 0 unspecified atom stereocenters. The Morgan fingerprint density at radius 2 is 1.82 bits per heavy atom. The van der Waals surface area contributed by atoms with Crippen LogP contribution in [-0.4, -0.2) is 29.2 Å². The summed E-state index contributed by atoms with van der Waals surface area (Å²) in [5, 5.41) is 8.64. The van der Waals surface area contributed by atoms with Crippen LogP contribution in [0.3, 0.4) is 0 Å². The summed E-state index contributed by atoms with van der Waals surface area (Å²) in [6.45, 7) is 7.99. The monoisotopic (exact) mass is 159 g/mol. The van der Waals surface area contributed by atoms with Crippen molar-refractivity contribution in [2.24, 2.45) is 5.41 Å². The van der Waals surface area contributed by atoms with Crippen LogP contribution in [0.25, 0.3) is 0 Å². The number of carbonyl (C=O) groups is 1. The van der Waals surface area contributed by atoms with E-state index >= 15 is 0 Å². The van der Waals surface area contributed by atoms with E-state index < -0.39 is 6.09 Å². The van der Waals surface area contributed by atoms with Crippen molar-refractivity contribution in [1.82, 2.24) is 4.90 Å². The molecule has 11 heavy (non-hydrogen) atoms. The first kappa shape index (κ1) is 10.3. The number of hydrogen-bond donors (Lipinski definition) is 1. The first-order chi connectivity index (χ1) is 4.76. The van der Waals surface area contributed by atoms with Gasteiger partial charge in [0.25, 0.3) is 0 Å². The first-order valence-electron chi connectivity index (χ1n) is 3.72. The molecule has 1 atom stereocenters. The Balaban J connectivity index is 4.25. The van der Waals surface area contributed by atoms with Gasteiger partial charge in [-0.1, -0.05) is 20.8 Å². The zero-order chi connectivity index (χ0) is 9.23. The molecule has 0 spiro atoms. The van der Waals surface area contributed by atoms with E-state index in [1.165, 1.54) is 4.90 Å². The van der Waals surface area contributed by atoms with Crippen molar-refractivity contribution in [2.45, 2.75) is 33.7 Å². The molecule has 0 aromatic rings. The van der Waals surface area contributed by atoms with Gasteiger partial charge in [0, 0.05) is 13.1 Å². The largest absolute Gasteiger partial charge is 0.465 e. The molecule has 3 heteroatoms. The van der Waals surface area contributed by atoms with E-state index in [0.29, 0.717) is 0 Å². The molecule has 3 nitrogen and oxygen atoms in total. The summed E-state index contributed by atoms with van der Waals surface area (Å²) in [5.74, 6) is 0. The molecule has 0 aliphatic rings. The van der Waals surface area contributed by atoms with Gasteiger partial charge in [-0.25, -0.2) is 4.79 Å². The van der Waals surface area contributed by atoms with Gasteiger partial charge in [0.05, 0.1) is 0 Å². The van der Waals surface area contributed by atoms with Crippen LogP contribution in [0.4, 0.5) is 4.79 Å². The molecular formula is C8H17NO2. The molecular weight excluding hydrogens is 142 g/mol. The lowest BCUT2D eigenvalue weighted by molar-refractivity contribution is 0.107. The lowest BCUT2D eigenvalue weighted by Crippen LogP contribution is -2.42. The first-order valence-corrected chi connectivity index (χ1v) is 3.72. The van der Waals surface area contributed by atoms with Crippen LogP contribution < -0.4 is 0 Å². The van der Waals surface area contributed by atoms with Crippen LogP contribution in [-0.2, 0) is 0 Å². The Kier molecular flexibility index (Phi) is 2.91. The zero-order valence-electron chi connectivity index (χ0n) is 7.88. The maximum absolute atomic E-state index is 10.5. The fourth-order valence-electron chi connectivity index (χ4n) is 0.747. The molecule has 1 amide bonds. The van der Waals surface area contributed by atoms with Crippen molar-refractivity contribution >= 4 is 6.09 Å². The summed E-state index contributed by atoms with van der Waals surface area (Å²) < 4.78 is 0. The third-order valence-corrected chi connectivity index (χ3v) is 2.14. The van der Waals surface area contributed by atoms with Gasteiger partial charge < -0.3 is 10.0 Å². The van der Waals surface area contributed by atoms with Crippen molar-refractivity contribution in [1.29, 1.82) is 0 Å². The highest BCUT2D eigenvalue weighted by molar-refractivity contribution is 5.65. The predicted molar refractivity (Wildman–Crippen MR) is 44.7 cm³/mol. The van der Waals surface area contributed by atoms with E-state index in [9.17, 15) is 4.79 Å². The third kappa shape index (κ3) is 2.78. The standard InChI is InChI=1S/C8H17NO2/c1-6(8(2,3)4)9(5)7(10)11/h6H,1-5H3,(H,10,11)/t6-/m0/s1. The zero-order valence-corrected chi connectivity index (χ0v) is 7.88. The predicted octanol–water partition coefficient (Wildman–Crippen LogP) is 2.03. The van der Waals surface area contributed by atoms with Gasteiger partial charge in [0.1, 0.15) is 0 Å².